The Morgan fingerprint density at radius 1 is 1.43 bits per heavy atom. The van der Waals surface area contributed by atoms with Crippen LogP contribution in [0, 0.1) is 0 Å². The Morgan fingerprint density at radius 3 is 2.81 bits per heavy atom. The van der Waals surface area contributed by atoms with Gasteiger partial charge in [-0.1, -0.05) is 13.8 Å². The fourth-order valence-corrected chi connectivity index (χ4v) is 3.08. The summed E-state index contributed by atoms with van der Waals surface area (Å²) in [4.78, 5) is 9.11. The number of rotatable bonds is 8. The molecule has 0 amide bonds. The minimum absolute atomic E-state index is 0.328. The fraction of sp³-hybridized carbons (Fsp3) is 0.733. The highest BCUT2D eigenvalue weighted by molar-refractivity contribution is 7.99. The van der Waals surface area contributed by atoms with Crippen LogP contribution in [-0.4, -0.2) is 40.7 Å². The van der Waals surface area contributed by atoms with Crippen molar-refractivity contribution in [1.82, 2.24) is 9.97 Å². The molecule has 118 valence electrons. The quantitative estimate of drug-likeness (QED) is 0.718. The predicted molar refractivity (Wildman–Crippen MR) is 88.8 cm³/mol. The lowest BCUT2D eigenvalue weighted by atomic mass is 9.78. The van der Waals surface area contributed by atoms with Crippen molar-refractivity contribution in [2.24, 2.45) is 5.73 Å². The van der Waals surface area contributed by atoms with Crippen LogP contribution in [-0.2, 0) is 11.3 Å². The lowest BCUT2D eigenvalue weighted by Crippen LogP contribution is -2.35. The van der Waals surface area contributed by atoms with Crippen molar-refractivity contribution in [2.45, 2.75) is 50.5 Å². The van der Waals surface area contributed by atoms with E-state index in [9.17, 15) is 0 Å². The van der Waals surface area contributed by atoms with E-state index in [1.54, 1.807) is 7.11 Å². The largest absolute Gasteiger partial charge is 0.377 e. The van der Waals surface area contributed by atoms with Crippen LogP contribution in [0.3, 0.4) is 0 Å². The molecule has 0 saturated heterocycles. The van der Waals surface area contributed by atoms with Gasteiger partial charge < -0.3 is 15.8 Å². The summed E-state index contributed by atoms with van der Waals surface area (Å²) in [5.74, 6) is 3.20. The molecule has 1 aliphatic rings. The molecule has 1 aromatic rings. The summed E-state index contributed by atoms with van der Waals surface area (Å²) < 4.78 is 5.17. The van der Waals surface area contributed by atoms with E-state index in [1.807, 2.05) is 11.8 Å². The van der Waals surface area contributed by atoms with Gasteiger partial charge in [0.2, 0.25) is 0 Å². The molecule has 5 nitrogen and oxygen atoms in total. The van der Waals surface area contributed by atoms with Crippen LogP contribution in [0.1, 0.15) is 44.1 Å². The maximum atomic E-state index is 5.88. The molecule has 0 spiro atoms. The Kier molecular flexibility index (Phi) is 6.26. The monoisotopic (exact) mass is 310 g/mol. The Labute approximate surface area is 131 Å². The summed E-state index contributed by atoms with van der Waals surface area (Å²) in [6.07, 6.45) is 2.04. The van der Waals surface area contributed by atoms with Crippen molar-refractivity contribution in [1.29, 1.82) is 0 Å². The van der Waals surface area contributed by atoms with Crippen LogP contribution in [0.2, 0.25) is 0 Å². The third kappa shape index (κ3) is 5.13. The SMILES string of the molecule is COCc1nc(NCCSC(C)C)cc(C2CC(N)C2)n1. The smallest absolute Gasteiger partial charge is 0.156 e. The molecule has 1 heterocycles. The lowest BCUT2D eigenvalue weighted by molar-refractivity contribution is 0.177. The molecule has 21 heavy (non-hydrogen) atoms. The first-order valence-corrected chi connectivity index (χ1v) is 8.61. The minimum Gasteiger partial charge on any atom is -0.377 e. The van der Waals surface area contributed by atoms with Gasteiger partial charge in [-0.3, -0.25) is 0 Å². The van der Waals surface area contributed by atoms with Crippen LogP contribution in [0.4, 0.5) is 5.82 Å². The molecule has 0 unspecified atom stereocenters. The topological polar surface area (TPSA) is 73.1 Å². The summed E-state index contributed by atoms with van der Waals surface area (Å²) in [6.45, 7) is 5.78. The minimum atomic E-state index is 0.328. The zero-order valence-electron chi connectivity index (χ0n) is 13.1. The van der Waals surface area contributed by atoms with Crippen molar-refractivity contribution in [2.75, 3.05) is 24.7 Å². The van der Waals surface area contributed by atoms with Gasteiger partial charge in [0.25, 0.3) is 0 Å². The van der Waals surface area contributed by atoms with Crippen LogP contribution in [0.15, 0.2) is 6.07 Å². The fourth-order valence-electron chi connectivity index (χ4n) is 2.39. The summed E-state index contributed by atoms with van der Waals surface area (Å²) in [7, 11) is 1.67. The number of hydrogen-bond donors (Lipinski definition) is 2. The number of ether oxygens (including phenoxy) is 1. The number of nitrogens with zero attached hydrogens (tertiary/aromatic N) is 2. The van der Waals surface area contributed by atoms with Gasteiger partial charge >= 0.3 is 0 Å². The molecule has 1 aromatic heterocycles. The molecule has 0 bridgehead atoms. The number of anilines is 1. The molecular formula is C15H26N4OS. The maximum absolute atomic E-state index is 5.88. The lowest BCUT2D eigenvalue weighted by Gasteiger charge is -2.32. The third-order valence-electron chi connectivity index (χ3n) is 3.52. The van der Waals surface area contributed by atoms with Gasteiger partial charge in [0.05, 0.1) is 0 Å². The summed E-state index contributed by atoms with van der Waals surface area (Å²) in [5.41, 5.74) is 6.98. The third-order valence-corrected chi connectivity index (χ3v) is 4.62. The Hall–Kier alpha value is -0.850. The molecule has 0 aromatic carbocycles. The highest BCUT2D eigenvalue weighted by atomic mass is 32.2. The first-order chi connectivity index (χ1) is 10.1. The normalized spacial score (nSPS) is 21.4. The van der Waals surface area contributed by atoms with Crippen molar-refractivity contribution < 1.29 is 4.74 Å². The first kappa shape index (κ1) is 16.5. The van der Waals surface area contributed by atoms with E-state index in [2.05, 4.69) is 35.2 Å². The standard InChI is InChI=1S/C15H26N4OS/c1-10(2)21-5-4-17-14-8-13(11-6-12(16)7-11)18-15(19-14)9-20-3/h8,10-12H,4-7,9,16H2,1-3H3,(H,17,18,19). The number of methoxy groups -OCH3 is 1. The number of nitrogens with one attached hydrogen (secondary N) is 1. The van der Waals surface area contributed by atoms with Gasteiger partial charge in [-0.2, -0.15) is 11.8 Å². The molecule has 0 atom stereocenters. The van der Waals surface area contributed by atoms with Crippen molar-refractivity contribution in [3.8, 4) is 0 Å². The molecular weight excluding hydrogens is 284 g/mol. The maximum Gasteiger partial charge on any atom is 0.156 e. The van der Waals surface area contributed by atoms with Gasteiger partial charge in [-0.15, -0.1) is 0 Å². The van der Waals surface area contributed by atoms with Crippen LogP contribution in [0.5, 0.6) is 0 Å². The second-order valence-electron chi connectivity index (χ2n) is 5.80. The highest BCUT2D eigenvalue weighted by Gasteiger charge is 2.29. The van der Waals surface area contributed by atoms with E-state index in [1.165, 1.54) is 0 Å². The molecule has 3 N–H and O–H groups in total. The number of aromatic nitrogens is 2. The van der Waals surface area contributed by atoms with Crippen molar-refractivity contribution in [3.05, 3.63) is 17.6 Å². The van der Waals surface area contributed by atoms with E-state index >= 15 is 0 Å². The predicted octanol–water partition coefficient (Wildman–Crippen LogP) is 2.38. The van der Waals surface area contributed by atoms with Crippen molar-refractivity contribution >= 4 is 17.6 Å². The Bertz CT molecular complexity index is 449. The summed E-state index contributed by atoms with van der Waals surface area (Å²) in [5, 5.41) is 4.06. The van der Waals surface area contributed by atoms with E-state index in [-0.39, 0.29) is 0 Å². The van der Waals surface area contributed by atoms with Gasteiger partial charge in [-0.05, 0) is 18.1 Å². The average molecular weight is 310 g/mol. The molecule has 1 saturated carbocycles. The highest BCUT2D eigenvalue weighted by Crippen LogP contribution is 2.35. The van der Waals surface area contributed by atoms with E-state index in [0.717, 1.165) is 42.5 Å². The second-order valence-corrected chi connectivity index (χ2v) is 7.49. The second kappa shape index (κ2) is 7.96. The van der Waals surface area contributed by atoms with Gasteiger partial charge in [0, 0.05) is 43.1 Å². The Balaban J connectivity index is 1.98. The summed E-state index contributed by atoms with van der Waals surface area (Å²) >= 11 is 1.94. The first-order valence-electron chi connectivity index (χ1n) is 7.56. The van der Waals surface area contributed by atoms with E-state index in [0.29, 0.717) is 23.8 Å². The van der Waals surface area contributed by atoms with E-state index < -0.39 is 0 Å². The zero-order valence-corrected chi connectivity index (χ0v) is 13.9. The van der Waals surface area contributed by atoms with Gasteiger partial charge in [-0.25, -0.2) is 9.97 Å². The molecule has 6 heteroatoms. The van der Waals surface area contributed by atoms with Gasteiger partial charge in [0.15, 0.2) is 5.82 Å². The van der Waals surface area contributed by atoms with E-state index in [4.69, 9.17) is 10.5 Å². The van der Waals surface area contributed by atoms with Gasteiger partial charge in [0.1, 0.15) is 12.4 Å². The van der Waals surface area contributed by atoms with Crippen molar-refractivity contribution in [3.63, 3.8) is 0 Å². The van der Waals surface area contributed by atoms with Crippen LogP contribution < -0.4 is 11.1 Å². The average Bonchev–Trinajstić information content (AvgIpc) is 2.40. The molecule has 2 rings (SSSR count). The zero-order chi connectivity index (χ0) is 15.2. The summed E-state index contributed by atoms with van der Waals surface area (Å²) in [6, 6.07) is 2.39. The molecule has 0 aliphatic heterocycles. The molecule has 1 aliphatic carbocycles. The molecule has 0 radical (unpaired) electrons. The Morgan fingerprint density at radius 2 is 2.19 bits per heavy atom. The number of hydrogen-bond acceptors (Lipinski definition) is 6. The molecule has 1 fully saturated rings. The number of thioether (sulfide) groups is 1. The van der Waals surface area contributed by atoms with Crippen LogP contribution in [0.25, 0.3) is 0 Å². The van der Waals surface area contributed by atoms with Crippen LogP contribution >= 0.6 is 11.8 Å². The number of nitrogens with two attached hydrogens (primary N) is 1.